The van der Waals surface area contributed by atoms with Crippen LogP contribution in [0.25, 0.3) is 10.8 Å². The Morgan fingerprint density at radius 2 is 1.93 bits per heavy atom. The van der Waals surface area contributed by atoms with Crippen LogP contribution in [-0.4, -0.2) is 0 Å². The first-order chi connectivity index (χ1) is 7.24. The van der Waals surface area contributed by atoms with Gasteiger partial charge >= 0.3 is 0 Å². The smallest absolute Gasteiger partial charge is 0.0593 e. The Bertz CT molecular complexity index is 479. The molecule has 2 heteroatoms. The van der Waals surface area contributed by atoms with Crippen molar-refractivity contribution >= 4 is 38.3 Å². The van der Waals surface area contributed by atoms with Crippen LogP contribution in [0.3, 0.4) is 0 Å². The summed E-state index contributed by atoms with van der Waals surface area (Å²) in [6, 6.07) is 12.5. The summed E-state index contributed by atoms with van der Waals surface area (Å²) in [5.74, 6) is 0. The van der Waals surface area contributed by atoms with Crippen molar-refractivity contribution in [2.45, 2.75) is 18.7 Å². The quantitative estimate of drug-likeness (QED) is 0.657. The molecule has 0 nitrogen and oxygen atoms in total. The summed E-state index contributed by atoms with van der Waals surface area (Å²) in [5, 5.41) is 2.56. The van der Waals surface area contributed by atoms with Crippen molar-refractivity contribution in [3.63, 3.8) is 0 Å². The minimum absolute atomic E-state index is 0.0870. The van der Waals surface area contributed by atoms with E-state index in [9.17, 15) is 0 Å². The monoisotopic (exact) mass is 282 g/mol. The lowest BCUT2D eigenvalue weighted by Crippen LogP contribution is -1.90. The van der Waals surface area contributed by atoms with E-state index in [1.54, 1.807) is 0 Å². The van der Waals surface area contributed by atoms with E-state index >= 15 is 0 Å². The van der Waals surface area contributed by atoms with Crippen LogP contribution in [0.4, 0.5) is 0 Å². The predicted molar refractivity (Wildman–Crippen MR) is 70.5 cm³/mol. The van der Waals surface area contributed by atoms with E-state index in [-0.39, 0.29) is 5.38 Å². The number of rotatable bonds is 2. The average molecular weight is 284 g/mol. The summed E-state index contributed by atoms with van der Waals surface area (Å²) in [4.78, 5) is 0. The third-order valence-electron chi connectivity index (χ3n) is 2.59. The molecule has 2 rings (SSSR count). The van der Waals surface area contributed by atoms with Gasteiger partial charge in [-0.3, -0.25) is 0 Å². The summed E-state index contributed by atoms with van der Waals surface area (Å²) in [6.45, 7) is 2.10. The van der Waals surface area contributed by atoms with E-state index in [0.717, 1.165) is 10.9 Å². The largest absolute Gasteiger partial charge is 0.118 e. The zero-order valence-electron chi connectivity index (χ0n) is 8.50. The van der Waals surface area contributed by atoms with E-state index in [1.165, 1.54) is 16.3 Å². The van der Waals surface area contributed by atoms with Gasteiger partial charge in [-0.15, -0.1) is 11.6 Å². The van der Waals surface area contributed by atoms with Crippen molar-refractivity contribution in [3.05, 3.63) is 46.4 Å². The Labute approximate surface area is 103 Å². The first kappa shape index (κ1) is 11.0. The Hall–Kier alpha value is -0.530. The number of benzene rings is 2. The molecule has 0 amide bonds. The van der Waals surface area contributed by atoms with Crippen LogP contribution in [0.2, 0.25) is 0 Å². The van der Waals surface area contributed by atoms with Gasteiger partial charge in [0.05, 0.1) is 5.38 Å². The lowest BCUT2D eigenvalue weighted by atomic mass is 10.0. The Balaban J connectivity index is 2.65. The molecule has 2 aromatic carbocycles. The topological polar surface area (TPSA) is 0 Å². The highest BCUT2D eigenvalue weighted by atomic mass is 79.9. The summed E-state index contributed by atoms with van der Waals surface area (Å²) in [6.07, 6.45) is 0.943. The first-order valence-electron chi connectivity index (χ1n) is 5.05. The summed E-state index contributed by atoms with van der Waals surface area (Å²) in [7, 11) is 0. The van der Waals surface area contributed by atoms with Crippen LogP contribution < -0.4 is 0 Å². The van der Waals surface area contributed by atoms with Crippen LogP contribution in [0.5, 0.6) is 0 Å². The van der Waals surface area contributed by atoms with Crippen molar-refractivity contribution in [2.75, 3.05) is 0 Å². The molecule has 0 saturated carbocycles. The predicted octanol–water partition coefficient (Wildman–Crippen LogP) is 5.29. The van der Waals surface area contributed by atoms with E-state index in [0.29, 0.717) is 0 Å². The number of hydrogen-bond acceptors (Lipinski definition) is 0. The second-order valence-electron chi connectivity index (χ2n) is 3.57. The maximum Gasteiger partial charge on any atom is 0.0593 e. The Kier molecular flexibility index (Phi) is 3.32. The molecule has 0 fully saturated rings. The van der Waals surface area contributed by atoms with Crippen molar-refractivity contribution in [3.8, 4) is 0 Å². The molecular formula is C13H12BrCl. The molecule has 1 unspecified atom stereocenters. The van der Waals surface area contributed by atoms with Gasteiger partial charge in [0, 0.05) is 4.47 Å². The highest BCUT2D eigenvalue weighted by molar-refractivity contribution is 9.10. The second kappa shape index (κ2) is 4.54. The van der Waals surface area contributed by atoms with E-state index in [1.807, 2.05) is 12.1 Å². The molecule has 15 heavy (non-hydrogen) atoms. The van der Waals surface area contributed by atoms with Gasteiger partial charge < -0.3 is 0 Å². The van der Waals surface area contributed by atoms with Crippen LogP contribution in [0.15, 0.2) is 40.9 Å². The molecule has 0 N–H and O–H groups in total. The maximum atomic E-state index is 6.27. The highest BCUT2D eigenvalue weighted by Crippen LogP contribution is 2.35. The molecule has 0 radical (unpaired) electrons. The Morgan fingerprint density at radius 1 is 1.20 bits per heavy atom. The number of hydrogen-bond donors (Lipinski definition) is 0. The summed E-state index contributed by atoms with van der Waals surface area (Å²) >= 11 is 9.91. The molecule has 0 spiro atoms. The SMILES string of the molecule is CCC(Cl)c1ccc2ccccc2c1Br. The zero-order valence-corrected chi connectivity index (χ0v) is 10.8. The lowest BCUT2D eigenvalue weighted by molar-refractivity contribution is 0.881. The average Bonchev–Trinajstić information content (AvgIpc) is 2.29. The van der Waals surface area contributed by atoms with Gasteiger partial charge in [-0.2, -0.15) is 0 Å². The minimum atomic E-state index is 0.0870. The lowest BCUT2D eigenvalue weighted by Gasteiger charge is -2.11. The third-order valence-corrected chi connectivity index (χ3v) is 4.02. The van der Waals surface area contributed by atoms with Gasteiger partial charge in [0.2, 0.25) is 0 Å². The fraction of sp³-hybridized carbons (Fsp3) is 0.231. The first-order valence-corrected chi connectivity index (χ1v) is 6.28. The Morgan fingerprint density at radius 3 is 2.67 bits per heavy atom. The maximum absolute atomic E-state index is 6.27. The molecule has 2 aromatic rings. The normalized spacial score (nSPS) is 13.0. The van der Waals surface area contributed by atoms with E-state index < -0.39 is 0 Å². The van der Waals surface area contributed by atoms with E-state index in [4.69, 9.17) is 11.6 Å². The van der Waals surface area contributed by atoms with Crippen LogP contribution >= 0.6 is 27.5 Å². The molecule has 0 aromatic heterocycles. The number of halogens is 2. The van der Waals surface area contributed by atoms with Crippen molar-refractivity contribution < 1.29 is 0 Å². The summed E-state index contributed by atoms with van der Waals surface area (Å²) < 4.78 is 1.13. The molecule has 1 atom stereocenters. The van der Waals surface area contributed by atoms with Gasteiger partial charge in [0.15, 0.2) is 0 Å². The van der Waals surface area contributed by atoms with Crippen molar-refractivity contribution in [1.29, 1.82) is 0 Å². The fourth-order valence-corrected chi connectivity index (χ4v) is 2.80. The van der Waals surface area contributed by atoms with Crippen LogP contribution in [-0.2, 0) is 0 Å². The van der Waals surface area contributed by atoms with Crippen LogP contribution in [0.1, 0.15) is 24.3 Å². The molecule has 0 heterocycles. The molecule has 0 bridgehead atoms. The molecule has 0 saturated heterocycles. The van der Waals surface area contributed by atoms with E-state index in [2.05, 4.69) is 47.1 Å². The number of alkyl halides is 1. The second-order valence-corrected chi connectivity index (χ2v) is 4.89. The van der Waals surface area contributed by atoms with Gasteiger partial charge in [0.25, 0.3) is 0 Å². The van der Waals surface area contributed by atoms with Crippen molar-refractivity contribution in [1.82, 2.24) is 0 Å². The van der Waals surface area contributed by atoms with Gasteiger partial charge in [-0.1, -0.05) is 43.3 Å². The van der Waals surface area contributed by atoms with Crippen LogP contribution in [0, 0.1) is 0 Å². The highest BCUT2D eigenvalue weighted by Gasteiger charge is 2.11. The fourth-order valence-electron chi connectivity index (χ4n) is 1.71. The number of fused-ring (bicyclic) bond motifs is 1. The molecule has 0 aliphatic heterocycles. The van der Waals surface area contributed by atoms with Gasteiger partial charge in [0.1, 0.15) is 0 Å². The van der Waals surface area contributed by atoms with Gasteiger partial charge in [-0.05, 0) is 38.7 Å². The molecule has 78 valence electrons. The van der Waals surface area contributed by atoms with Gasteiger partial charge in [-0.25, -0.2) is 0 Å². The third kappa shape index (κ3) is 2.04. The standard InChI is InChI=1S/C13H12BrCl/c1-2-12(15)11-8-7-9-5-3-4-6-10(9)13(11)14/h3-8,12H,2H2,1H3. The molecule has 0 aliphatic carbocycles. The molecule has 0 aliphatic rings. The molecular weight excluding hydrogens is 272 g/mol. The minimum Gasteiger partial charge on any atom is -0.118 e. The van der Waals surface area contributed by atoms with Crippen molar-refractivity contribution in [2.24, 2.45) is 0 Å². The zero-order chi connectivity index (χ0) is 10.8. The summed E-state index contributed by atoms with van der Waals surface area (Å²) in [5.41, 5.74) is 1.18.